The topological polar surface area (TPSA) is 107 Å². The van der Waals surface area contributed by atoms with Gasteiger partial charge in [-0.25, -0.2) is 14.8 Å². The predicted octanol–water partition coefficient (Wildman–Crippen LogP) is 2.73. The molecule has 0 aliphatic carbocycles. The molecule has 0 aliphatic rings. The number of esters is 1. The molecule has 7 nitrogen and oxygen atoms in total. The maximum Gasteiger partial charge on any atom is 0.343 e. The van der Waals surface area contributed by atoms with Crippen LogP contribution >= 0.6 is 27.7 Å². The molecule has 0 bridgehead atoms. The van der Waals surface area contributed by atoms with E-state index in [4.69, 9.17) is 10.5 Å². The van der Waals surface area contributed by atoms with Gasteiger partial charge in [0.25, 0.3) is 0 Å². The summed E-state index contributed by atoms with van der Waals surface area (Å²) in [5, 5.41) is 3.08. The summed E-state index contributed by atoms with van der Waals surface area (Å²) in [4.78, 5) is 31.6. The maximum absolute atomic E-state index is 12.0. The van der Waals surface area contributed by atoms with Crippen molar-refractivity contribution >= 4 is 51.1 Å². The largest absolute Gasteiger partial charge is 0.462 e. The Morgan fingerprint density at radius 1 is 1.38 bits per heavy atom. The quantitative estimate of drug-likeness (QED) is 0.428. The molecule has 0 saturated carbocycles. The highest BCUT2D eigenvalue weighted by Crippen LogP contribution is 2.22. The number of ether oxygens (including phenoxy) is 1. The minimum atomic E-state index is -0.571. The van der Waals surface area contributed by atoms with Crippen molar-refractivity contribution in [2.75, 3.05) is 23.4 Å². The van der Waals surface area contributed by atoms with Gasteiger partial charge in [-0.05, 0) is 35.0 Å². The molecule has 9 heteroatoms. The van der Waals surface area contributed by atoms with Crippen LogP contribution in [0.2, 0.25) is 0 Å². The van der Waals surface area contributed by atoms with E-state index in [2.05, 4.69) is 31.2 Å². The van der Waals surface area contributed by atoms with E-state index in [-0.39, 0.29) is 29.6 Å². The highest BCUT2D eigenvalue weighted by Gasteiger charge is 2.14. The number of rotatable bonds is 6. The lowest BCUT2D eigenvalue weighted by Crippen LogP contribution is -2.15. The average Bonchev–Trinajstić information content (AvgIpc) is 2.55. The average molecular weight is 411 g/mol. The van der Waals surface area contributed by atoms with Gasteiger partial charge in [0.05, 0.1) is 18.0 Å². The fourth-order valence-corrected chi connectivity index (χ4v) is 2.70. The van der Waals surface area contributed by atoms with Gasteiger partial charge in [-0.1, -0.05) is 23.9 Å². The molecule has 0 atom stereocenters. The third-order valence-corrected chi connectivity index (χ3v) is 4.32. The summed E-state index contributed by atoms with van der Waals surface area (Å²) in [6, 6.07) is 7.30. The first kappa shape index (κ1) is 18.2. The first-order chi connectivity index (χ1) is 11.5. The number of nitrogens with one attached hydrogen (secondary N) is 1. The summed E-state index contributed by atoms with van der Waals surface area (Å²) >= 11 is 4.48. The Morgan fingerprint density at radius 2 is 2.12 bits per heavy atom. The first-order valence-electron chi connectivity index (χ1n) is 6.98. The Morgan fingerprint density at radius 3 is 2.79 bits per heavy atom. The second-order valence-corrected chi connectivity index (χ2v) is 6.29. The maximum atomic E-state index is 12.0. The molecule has 3 N–H and O–H groups in total. The molecule has 24 heavy (non-hydrogen) atoms. The minimum absolute atomic E-state index is 0.0251. The summed E-state index contributed by atoms with van der Waals surface area (Å²) in [5.41, 5.74) is 6.52. The van der Waals surface area contributed by atoms with E-state index in [1.807, 2.05) is 18.2 Å². The number of halogens is 1. The Labute approximate surface area is 151 Å². The number of nitrogen functional groups attached to an aromatic ring is 1. The second-order valence-electron chi connectivity index (χ2n) is 4.49. The van der Waals surface area contributed by atoms with Crippen LogP contribution < -0.4 is 11.1 Å². The van der Waals surface area contributed by atoms with Crippen molar-refractivity contribution in [3.05, 3.63) is 40.5 Å². The Hall–Kier alpha value is -2.13. The zero-order valence-electron chi connectivity index (χ0n) is 12.8. The van der Waals surface area contributed by atoms with E-state index in [0.717, 1.165) is 16.2 Å². The summed E-state index contributed by atoms with van der Waals surface area (Å²) in [6.45, 7) is 1.94. The number of para-hydroxylation sites is 1. The number of aromatic nitrogens is 2. The molecule has 1 amide bonds. The minimum Gasteiger partial charge on any atom is -0.462 e. The monoisotopic (exact) mass is 410 g/mol. The molecule has 0 spiro atoms. The number of nitrogens with two attached hydrogens (primary N) is 1. The second kappa shape index (κ2) is 8.65. The van der Waals surface area contributed by atoms with Crippen LogP contribution in [0.5, 0.6) is 0 Å². The van der Waals surface area contributed by atoms with Gasteiger partial charge in [-0.3, -0.25) is 4.79 Å². The van der Waals surface area contributed by atoms with Gasteiger partial charge in [0.1, 0.15) is 11.4 Å². The number of thioether (sulfide) groups is 1. The number of amides is 1. The summed E-state index contributed by atoms with van der Waals surface area (Å²) in [5.74, 6) is -0.640. The molecule has 126 valence electrons. The molecular weight excluding hydrogens is 396 g/mol. The number of carbonyl (C=O) groups excluding carboxylic acids is 2. The van der Waals surface area contributed by atoms with Crippen molar-refractivity contribution in [1.82, 2.24) is 9.97 Å². The van der Waals surface area contributed by atoms with Crippen LogP contribution in [-0.4, -0.2) is 34.2 Å². The van der Waals surface area contributed by atoms with E-state index < -0.39 is 5.97 Å². The molecule has 0 unspecified atom stereocenters. The molecular formula is C15H15BrN4O3S. The number of hydrogen-bond donors (Lipinski definition) is 2. The number of nitrogens with zero attached hydrogens (tertiary/aromatic N) is 2. The van der Waals surface area contributed by atoms with Crippen LogP contribution in [0.4, 0.5) is 11.5 Å². The van der Waals surface area contributed by atoms with Crippen LogP contribution in [-0.2, 0) is 9.53 Å². The molecule has 1 aromatic heterocycles. The standard InChI is InChI=1S/C15H15BrN4O3S/c1-2-23-14(22)9-7-18-15(20-13(9)17)24-8-12(21)19-11-6-4-3-5-10(11)16/h3-7H,2,8H2,1H3,(H,19,21)(H2,17,18,20). The van der Waals surface area contributed by atoms with Gasteiger partial charge in [-0.15, -0.1) is 0 Å². The molecule has 1 aromatic carbocycles. The Kier molecular flexibility index (Phi) is 6.56. The first-order valence-corrected chi connectivity index (χ1v) is 8.76. The van der Waals surface area contributed by atoms with Crippen LogP contribution in [0.25, 0.3) is 0 Å². The van der Waals surface area contributed by atoms with Crippen LogP contribution in [0, 0.1) is 0 Å². The number of hydrogen-bond acceptors (Lipinski definition) is 7. The normalized spacial score (nSPS) is 10.2. The van der Waals surface area contributed by atoms with Gasteiger partial charge < -0.3 is 15.8 Å². The fraction of sp³-hybridized carbons (Fsp3) is 0.200. The highest BCUT2D eigenvalue weighted by atomic mass is 79.9. The number of benzene rings is 1. The van der Waals surface area contributed by atoms with E-state index in [9.17, 15) is 9.59 Å². The third-order valence-electron chi connectivity index (χ3n) is 2.77. The smallest absolute Gasteiger partial charge is 0.343 e. The molecule has 0 aliphatic heterocycles. The van der Waals surface area contributed by atoms with Crippen molar-refractivity contribution in [3.8, 4) is 0 Å². The zero-order chi connectivity index (χ0) is 17.5. The van der Waals surface area contributed by atoms with Gasteiger partial charge in [-0.2, -0.15) is 0 Å². The summed E-state index contributed by atoms with van der Waals surface area (Å²) in [6.07, 6.45) is 1.30. The van der Waals surface area contributed by atoms with E-state index >= 15 is 0 Å². The molecule has 0 saturated heterocycles. The van der Waals surface area contributed by atoms with Crippen molar-refractivity contribution in [2.24, 2.45) is 0 Å². The zero-order valence-corrected chi connectivity index (χ0v) is 15.2. The third kappa shape index (κ3) is 4.93. The SMILES string of the molecule is CCOC(=O)c1cnc(SCC(=O)Nc2ccccc2Br)nc1N. The van der Waals surface area contributed by atoms with E-state index in [1.54, 1.807) is 13.0 Å². The Balaban J connectivity index is 1.94. The lowest BCUT2D eigenvalue weighted by atomic mass is 10.3. The van der Waals surface area contributed by atoms with Crippen molar-refractivity contribution < 1.29 is 14.3 Å². The number of carbonyl (C=O) groups is 2. The van der Waals surface area contributed by atoms with Gasteiger partial charge in [0.2, 0.25) is 5.91 Å². The van der Waals surface area contributed by atoms with Crippen molar-refractivity contribution in [2.45, 2.75) is 12.1 Å². The lowest BCUT2D eigenvalue weighted by Gasteiger charge is -2.07. The molecule has 1 heterocycles. The molecule has 2 aromatic rings. The Bertz CT molecular complexity index is 757. The summed E-state index contributed by atoms with van der Waals surface area (Å²) < 4.78 is 5.64. The fourth-order valence-electron chi connectivity index (χ4n) is 1.69. The molecule has 2 rings (SSSR count). The number of anilines is 2. The van der Waals surface area contributed by atoms with Gasteiger partial charge in [0.15, 0.2) is 5.16 Å². The highest BCUT2D eigenvalue weighted by molar-refractivity contribution is 9.10. The lowest BCUT2D eigenvalue weighted by molar-refractivity contribution is -0.113. The predicted molar refractivity (Wildman–Crippen MR) is 95.9 cm³/mol. The molecule has 0 fully saturated rings. The molecule has 0 radical (unpaired) electrons. The van der Waals surface area contributed by atoms with Crippen molar-refractivity contribution in [3.63, 3.8) is 0 Å². The van der Waals surface area contributed by atoms with Crippen LogP contribution in [0.3, 0.4) is 0 Å². The van der Waals surface area contributed by atoms with E-state index in [0.29, 0.717) is 10.8 Å². The van der Waals surface area contributed by atoms with Crippen LogP contribution in [0.1, 0.15) is 17.3 Å². The van der Waals surface area contributed by atoms with E-state index in [1.165, 1.54) is 6.20 Å². The van der Waals surface area contributed by atoms with Crippen molar-refractivity contribution in [1.29, 1.82) is 0 Å². The summed E-state index contributed by atoms with van der Waals surface area (Å²) in [7, 11) is 0. The van der Waals surface area contributed by atoms with Crippen LogP contribution in [0.15, 0.2) is 40.1 Å². The van der Waals surface area contributed by atoms with Gasteiger partial charge >= 0.3 is 5.97 Å². The van der Waals surface area contributed by atoms with Gasteiger partial charge in [0, 0.05) is 10.7 Å².